The van der Waals surface area contributed by atoms with Crippen LogP contribution in [0.2, 0.25) is 0 Å². The van der Waals surface area contributed by atoms with Crippen molar-refractivity contribution in [2.45, 2.75) is 6.42 Å². The molecule has 0 saturated heterocycles. The number of benzene rings is 3. The standard InChI is InChI=1S/C25H19N3O5/c29-24(16-17-6-2-1-3-7-17)26-18-10-12-19(13-11-18)27-25(30)23-15-14-22(33-23)20-8-4-5-9-21(20)28(31)32/h1-15H,16H2,(H,26,29)(H,27,30). The van der Waals surface area contributed by atoms with E-state index in [1.807, 2.05) is 30.3 Å². The highest BCUT2D eigenvalue weighted by Crippen LogP contribution is 2.31. The zero-order valence-electron chi connectivity index (χ0n) is 17.4. The van der Waals surface area contributed by atoms with E-state index >= 15 is 0 Å². The molecule has 2 amide bonds. The third kappa shape index (κ3) is 5.31. The molecule has 0 saturated carbocycles. The molecule has 4 aromatic rings. The van der Waals surface area contributed by atoms with E-state index in [4.69, 9.17) is 4.42 Å². The van der Waals surface area contributed by atoms with Crippen LogP contribution in [-0.2, 0) is 11.2 Å². The van der Waals surface area contributed by atoms with Gasteiger partial charge < -0.3 is 15.1 Å². The fraction of sp³-hybridized carbons (Fsp3) is 0.0400. The van der Waals surface area contributed by atoms with Crippen LogP contribution < -0.4 is 10.6 Å². The van der Waals surface area contributed by atoms with Gasteiger partial charge in [-0.1, -0.05) is 42.5 Å². The van der Waals surface area contributed by atoms with E-state index in [-0.39, 0.29) is 35.1 Å². The molecule has 8 nitrogen and oxygen atoms in total. The van der Waals surface area contributed by atoms with Crippen LogP contribution in [0, 0.1) is 10.1 Å². The average Bonchev–Trinajstić information content (AvgIpc) is 3.31. The maximum Gasteiger partial charge on any atom is 0.291 e. The number of nitro groups is 1. The summed E-state index contributed by atoms with van der Waals surface area (Å²) in [5, 5.41) is 16.7. The largest absolute Gasteiger partial charge is 0.451 e. The molecular weight excluding hydrogens is 422 g/mol. The molecule has 164 valence electrons. The molecule has 0 aliphatic carbocycles. The number of rotatable bonds is 7. The van der Waals surface area contributed by atoms with Crippen molar-refractivity contribution in [2.75, 3.05) is 10.6 Å². The molecule has 1 heterocycles. The van der Waals surface area contributed by atoms with Crippen molar-refractivity contribution in [1.82, 2.24) is 0 Å². The van der Waals surface area contributed by atoms with Crippen LogP contribution in [0.1, 0.15) is 16.1 Å². The van der Waals surface area contributed by atoms with Gasteiger partial charge in [0, 0.05) is 17.4 Å². The number of carbonyl (C=O) groups excluding carboxylic acids is 2. The number of nitrogens with one attached hydrogen (secondary N) is 2. The first-order valence-electron chi connectivity index (χ1n) is 10.1. The molecule has 0 unspecified atom stereocenters. The van der Waals surface area contributed by atoms with Crippen molar-refractivity contribution >= 4 is 28.9 Å². The minimum atomic E-state index is -0.502. The van der Waals surface area contributed by atoms with Gasteiger partial charge in [0.2, 0.25) is 5.91 Å². The SMILES string of the molecule is O=C(Cc1ccccc1)Nc1ccc(NC(=O)c2ccc(-c3ccccc3[N+](=O)[O-])o2)cc1. The maximum absolute atomic E-state index is 12.5. The van der Waals surface area contributed by atoms with E-state index in [0.29, 0.717) is 11.4 Å². The van der Waals surface area contributed by atoms with Crippen molar-refractivity contribution in [3.63, 3.8) is 0 Å². The number of nitrogens with zero attached hydrogens (tertiary/aromatic N) is 1. The van der Waals surface area contributed by atoms with Crippen molar-refractivity contribution in [3.05, 3.63) is 112 Å². The van der Waals surface area contributed by atoms with Gasteiger partial charge in [0.1, 0.15) is 5.76 Å². The molecule has 1 aromatic heterocycles. The van der Waals surface area contributed by atoms with E-state index in [9.17, 15) is 19.7 Å². The number of carbonyl (C=O) groups is 2. The summed E-state index contributed by atoms with van der Waals surface area (Å²) in [6.45, 7) is 0. The van der Waals surface area contributed by atoms with Gasteiger partial charge in [-0.2, -0.15) is 0 Å². The lowest BCUT2D eigenvalue weighted by atomic mass is 10.1. The summed E-state index contributed by atoms with van der Waals surface area (Å²) in [5.41, 5.74) is 2.20. The summed E-state index contributed by atoms with van der Waals surface area (Å²) in [5.74, 6) is -0.399. The highest BCUT2D eigenvalue weighted by Gasteiger charge is 2.19. The Bertz CT molecular complexity index is 1300. The van der Waals surface area contributed by atoms with Gasteiger partial charge in [0.25, 0.3) is 11.6 Å². The lowest BCUT2D eigenvalue weighted by Crippen LogP contribution is -2.14. The smallest absolute Gasteiger partial charge is 0.291 e. The Balaban J connectivity index is 1.38. The first kappa shape index (κ1) is 21.5. The molecule has 8 heteroatoms. The fourth-order valence-corrected chi connectivity index (χ4v) is 3.26. The number of nitro benzene ring substituents is 1. The monoisotopic (exact) mass is 441 g/mol. The second kappa shape index (κ2) is 9.61. The Morgan fingerprint density at radius 2 is 1.42 bits per heavy atom. The number of anilines is 2. The van der Waals surface area contributed by atoms with Gasteiger partial charge >= 0.3 is 0 Å². The van der Waals surface area contributed by atoms with Crippen molar-refractivity contribution in [1.29, 1.82) is 0 Å². The molecule has 0 fully saturated rings. The topological polar surface area (TPSA) is 114 Å². The Morgan fingerprint density at radius 3 is 2.12 bits per heavy atom. The third-order valence-corrected chi connectivity index (χ3v) is 4.83. The zero-order chi connectivity index (χ0) is 23.2. The van der Waals surface area contributed by atoms with Crippen molar-refractivity contribution in [3.8, 4) is 11.3 Å². The molecule has 0 spiro atoms. The minimum absolute atomic E-state index is 0.0170. The lowest BCUT2D eigenvalue weighted by Gasteiger charge is -2.07. The van der Waals surface area contributed by atoms with Crippen LogP contribution in [0.5, 0.6) is 0 Å². The molecular formula is C25H19N3O5. The summed E-state index contributed by atoms with van der Waals surface area (Å²) in [4.78, 5) is 35.4. The van der Waals surface area contributed by atoms with Crippen LogP contribution in [0.25, 0.3) is 11.3 Å². The van der Waals surface area contributed by atoms with Crippen molar-refractivity contribution < 1.29 is 18.9 Å². The van der Waals surface area contributed by atoms with Crippen LogP contribution in [0.3, 0.4) is 0 Å². The van der Waals surface area contributed by atoms with E-state index in [1.54, 1.807) is 42.5 Å². The van der Waals surface area contributed by atoms with Gasteiger partial charge in [0.05, 0.1) is 16.9 Å². The molecule has 2 N–H and O–H groups in total. The Hall–Kier alpha value is -4.72. The molecule has 3 aromatic carbocycles. The van der Waals surface area contributed by atoms with E-state index in [0.717, 1.165) is 5.56 Å². The van der Waals surface area contributed by atoms with Crippen LogP contribution >= 0.6 is 0 Å². The molecule has 0 aliphatic heterocycles. The Kier molecular flexibility index (Phi) is 6.26. The predicted octanol–water partition coefficient (Wildman–Crippen LogP) is 5.29. The normalized spacial score (nSPS) is 10.4. The summed E-state index contributed by atoms with van der Waals surface area (Å²) < 4.78 is 5.55. The number of furan rings is 1. The predicted molar refractivity (Wildman–Crippen MR) is 124 cm³/mol. The van der Waals surface area contributed by atoms with Gasteiger partial charge in [-0.05, 0) is 48.0 Å². The Labute approximate surface area is 189 Å². The summed E-state index contributed by atoms with van der Waals surface area (Å²) in [7, 11) is 0. The number of amides is 2. The second-order valence-electron chi connectivity index (χ2n) is 7.18. The summed E-state index contributed by atoms with van der Waals surface area (Å²) >= 11 is 0. The lowest BCUT2D eigenvalue weighted by molar-refractivity contribution is -0.384. The van der Waals surface area contributed by atoms with Crippen LogP contribution in [0.4, 0.5) is 17.1 Å². The van der Waals surface area contributed by atoms with E-state index in [2.05, 4.69) is 10.6 Å². The molecule has 0 radical (unpaired) electrons. The molecule has 0 aliphatic rings. The number of hydrogen-bond acceptors (Lipinski definition) is 5. The van der Waals surface area contributed by atoms with Crippen molar-refractivity contribution in [2.24, 2.45) is 0 Å². The fourth-order valence-electron chi connectivity index (χ4n) is 3.26. The summed E-state index contributed by atoms with van der Waals surface area (Å²) in [6, 6.07) is 25.2. The van der Waals surface area contributed by atoms with E-state index in [1.165, 1.54) is 18.2 Å². The van der Waals surface area contributed by atoms with Gasteiger partial charge in [-0.25, -0.2) is 0 Å². The van der Waals surface area contributed by atoms with Gasteiger partial charge in [-0.15, -0.1) is 0 Å². The first-order chi connectivity index (χ1) is 16.0. The minimum Gasteiger partial charge on any atom is -0.451 e. The number of para-hydroxylation sites is 1. The summed E-state index contributed by atoms with van der Waals surface area (Å²) in [6.07, 6.45) is 0.264. The third-order valence-electron chi connectivity index (χ3n) is 4.83. The molecule has 33 heavy (non-hydrogen) atoms. The number of hydrogen-bond donors (Lipinski definition) is 2. The molecule has 4 rings (SSSR count). The Morgan fingerprint density at radius 1 is 0.788 bits per heavy atom. The van der Waals surface area contributed by atoms with E-state index < -0.39 is 10.8 Å². The highest BCUT2D eigenvalue weighted by atomic mass is 16.6. The molecule has 0 atom stereocenters. The second-order valence-corrected chi connectivity index (χ2v) is 7.18. The van der Waals surface area contributed by atoms with Gasteiger partial charge in [-0.3, -0.25) is 19.7 Å². The van der Waals surface area contributed by atoms with Crippen LogP contribution in [-0.4, -0.2) is 16.7 Å². The average molecular weight is 441 g/mol. The quantitative estimate of drug-likeness (QED) is 0.299. The first-order valence-corrected chi connectivity index (χ1v) is 10.1. The molecule has 0 bridgehead atoms. The van der Waals surface area contributed by atoms with Crippen LogP contribution in [0.15, 0.2) is 95.4 Å². The van der Waals surface area contributed by atoms with Gasteiger partial charge in [0.15, 0.2) is 5.76 Å². The maximum atomic E-state index is 12.5. The highest BCUT2D eigenvalue weighted by molar-refractivity contribution is 6.03. The zero-order valence-corrected chi connectivity index (χ0v) is 17.4.